The molecule has 3 rings (SSSR count). The number of aliphatic imine (C=N–C) groups is 1. The van der Waals surface area contributed by atoms with E-state index in [1.54, 1.807) is 24.3 Å². The number of hydrogen-bond donors (Lipinski definition) is 2. The van der Waals surface area contributed by atoms with Gasteiger partial charge in [-0.25, -0.2) is 9.36 Å². The lowest BCUT2D eigenvalue weighted by molar-refractivity contribution is 0.414. The fourth-order valence-electron chi connectivity index (χ4n) is 2.89. The Morgan fingerprint density at radius 2 is 1.79 bits per heavy atom. The summed E-state index contributed by atoms with van der Waals surface area (Å²) in [5.41, 5.74) is 0.673. The monoisotopic (exact) mass is 393 g/mol. The summed E-state index contributed by atoms with van der Waals surface area (Å²) in [6, 6.07) is 14.2. The minimum Gasteiger partial charge on any atom is -0.497 e. The van der Waals surface area contributed by atoms with Crippen molar-refractivity contribution in [2.75, 3.05) is 7.11 Å². The molecule has 0 aliphatic carbocycles. The van der Waals surface area contributed by atoms with Crippen LogP contribution in [0.4, 0.5) is 5.69 Å². The Morgan fingerprint density at radius 1 is 1.14 bits per heavy atom. The smallest absolute Gasteiger partial charge is 0.335 e. The molecular formula is C22H23N3O4. The highest BCUT2D eigenvalue weighted by molar-refractivity contribution is 5.84. The van der Waals surface area contributed by atoms with Crippen molar-refractivity contribution in [2.24, 2.45) is 4.99 Å². The predicted octanol–water partition coefficient (Wildman–Crippen LogP) is 3.50. The summed E-state index contributed by atoms with van der Waals surface area (Å²) in [5.74, 6) is 0.574. The van der Waals surface area contributed by atoms with Crippen LogP contribution < -0.4 is 16.0 Å². The molecular weight excluding hydrogens is 370 g/mol. The first kappa shape index (κ1) is 20.1. The highest BCUT2D eigenvalue weighted by Gasteiger charge is 2.14. The highest BCUT2D eigenvalue weighted by Crippen LogP contribution is 2.22. The number of aromatic nitrogens is 2. The van der Waals surface area contributed by atoms with Crippen LogP contribution in [0.2, 0.25) is 0 Å². The highest BCUT2D eigenvalue weighted by atomic mass is 16.5. The molecule has 0 saturated carbocycles. The lowest BCUT2D eigenvalue weighted by Gasteiger charge is -2.10. The van der Waals surface area contributed by atoms with Crippen LogP contribution in [0.3, 0.4) is 0 Å². The summed E-state index contributed by atoms with van der Waals surface area (Å²) >= 11 is 0. The van der Waals surface area contributed by atoms with Gasteiger partial charge in [0.25, 0.3) is 5.56 Å². The van der Waals surface area contributed by atoms with Crippen LogP contribution in [0.1, 0.15) is 37.3 Å². The lowest BCUT2D eigenvalue weighted by atomic mass is 9.99. The van der Waals surface area contributed by atoms with Crippen LogP contribution >= 0.6 is 0 Å². The Morgan fingerprint density at radius 3 is 2.38 bits per heavy atom. The second kappa shape index (κ2) is 8.60. The number of ether oxygens (including phenoxy) is 1. The number of hydrogen-bond acceptors (Lipinski definition) is 5. The third-order valence-electron chi connectivity index (χ3n) is 4.87. The lowest BCUT2D eigenvalue weighted by Crippen LogP contribution is -2.31. The number of benzene rings is 2. The van der Waals surface area contributed by atoms with Gasteiger partial charge in [-0.1, -0.05) is 26.0 Å². The molecule has 29 heavy (non-hydrogen) atoms. The molecule has 1 heterocycles. The number of aromatic amines is 1. The Hall–Kier alpha value is -3.61. The van der Waals surface area contributed by atoms with Crippen molar-refractivity contribution < 1.29 is 9.84 Å². The van der Waals surface area contributed by atoms with Crippen molar-refractivity contribution in [1.82, 2.24) is 9.55 Å². The summed E-state index contributed by atoms with van der Waals surface area (Å²) in [6.45, 7) is 4.28. The summed E-state index contributed by atoms with van der Waals surface area (Å²) in [5, 5.41) is 10.6. The maximum absolute atomic E-state index is 12.2. The van der Waals surface area contributed by atoms with Crippen LogP contribution in [0.15, 0.2) is 63.1 Å². The third kappa shape index (κ3) is 4.29. The maximum Gasteiger partial charge on any atom is 0.335 e. The predicted molar refractivity (Wildman–Crippen MR) is 113 cm³/mol. The van der Waals surface area contributed by atoms with Crippen LogP contribution in [0.5, 0.6) is 11.6 Å². The fraction of sp³-hybridized carbons (Fsp3) is 0.227. The van der Waals surface area contributed by atoms with E-state index in [0.29, 0.717) is 23.0 Å². The van der Waals surface area contributed by atoms with Gasteiger partial charge in [-0.15, -0.1) is 0 Å². The molecule has 3 aromatic rings. The van der Waals surface area contributed by atoms with E-state index >= 15 is 0 Å². The van der Waals surface area contributed by atoms with Gasteiger partial charge in [-0.2, -0.15) is 0 Å². The van der Waals surface area contributed by atoms with Crippen molar-refractivity contribution in [3.8, 4) is 17.3 Å². The molecule has 1 atom stereocenters. The minimum atomic E-state index is -0.743. The second-order valence-corrected chi connectivity index (χ2v) is 6.69. The molecule has 0 aliphatic rings. The summed E-state index contributed by atoms with van der Waals surface area (Å²) in [6.07, 6.45) is 2.30. The topological polar surface area (TPSA) is 96.7 Å². The summed E-state index contributed by atoms with van der Waals surface area (Å²) in [4.78, 5) is 30.9. The first-order chi connectivity index (χ1) is 13.9. The van der Waals surface area contributed by atoms with Crippen molar-refractivity contribution >= 4 is 11.9 Å². The van der Waals surface area contributed by atoms with Gasteiger partial charge >= 0.3 is 5.69 Å². The van der Waals surface area contributed by atoms with E-state index in [9.17, 15) is 14.7 Å². The number of rotatable bonds is 6. The van der Waals surface area contributed by atoms with E-state index in [1.165, 1.54) is 18.9 Å². The standard InChI is InChI=1S/C22H23N3O4/c1-4-14(2)15-5-7-16(8-6-15)23-13-19-20(26)24-22(28)25(21(19)27)17-9-11-18(29-3)12-10-17/h5-14,27H,4H2,1-3H3,(H,24,26,28). The zero-order valence-corrected chi connectivity index (χ0v) is 16.5. The Kier molecular flexibility index (Phi) is 5.97. The van der Waals surface area contributed by atoms with Crippen molar-refractivity contribution in [1.29, 1.82) is 0 Å². The van der Waals surface area contributed by atoms with E-state index in [-0.39, 0.29) is 5.56 Å². The maximum atomic E-state index is 12.2. The molecule has 7 heteroatoms. The van der Waals surface area contributed by atoms with E-state index in [2.05, 4.69) is 23.8 Å². The normalized spacial score (nSPS) is 12.2. The van der Waals surface area contributed by atoms with Crippen LogP contribution in [-0.2, 0) is 0 Å². The number of H-pyrrole nitrogens is 1. The SMILES string of the molecule is CCC(C)c1ccc(N=Cc2c(O)n(-c3ccc(OC)cc3)c(=O)[nH]c2=O)cc1. The molecule has 1 unspecified atom stereocenters. The summed E-state index contributed by atoms with van der Waals surface area (Å²) in [7, 11) is 1.53. The van der Waals surface area contributed by atoms with Gasteiger partial charge < -0.3 is 9.84 Å². The average molecular weight is 393 g/mol. The Labute approximate surface area is 168 Å². The van der Waals surface area contributed by atoms with Gasteiger partial charge in [-0.3, -0.25) is 14.8 Å². The van der Waals surface area contributed by atoms with Gasteiger partial charge in [0.05, 0.1) is 18.5 Å². The quantitative estimate of drug-likeness (QED) is 0.627. The fourth-order valence-corrected chi connectivity index (χ4v) is 2.89. The molecule has 0 spiro atoms. The zero-order chi connectivity index (χ0) is 21.0. The Balaban J connectivity index is 1.98. The van der Waals surface area contributed by atoms with Gasteiger partial charge in [0, 0.05) is 6.21 Å². The summed E-state index contributed by atoms with van der Waals surface area (Å²) < 4.78 is 6.11. The molecule has 0 fully saturated rings. The Bertz CT molecular complexity index is 1130. The van der Waals surface area contributed by atoms with Crippen LogP contribution in [0, 0.1) is 0 Å². The third-order valence-corrected chi connectivity index (χ3v) is 4.87. The molecule has 0 saturated heterocycles. The second-order valence-electron chi connectivity index (χ2n) is 6.69. The first-order valence-corrected chi connectivity index (χ1v) is 9.31. The van der Waals surface area contributed by atoms with E-state index in [4.69, 9.17) is 4.74 Å². The number of nitrogens with zero attached hydrogens (tertiary/aromatic N) is 2. The molecule has 1 aromatic heterocycles. The van der Waals surface area contributed by atoms with Gasteiger partial charge in [0.2, 0.25) is 5.88 Å². The molecule has 2 N–H and O–H groups in total. The van der Waals surface area contributed by atoms with E-state index in [0.717, 1.165) is 11.0 Å². The van der Waals surface area contributed by atoms with Gasteiger partial charge in [-0.05, 0) is 54.3 Å². The molecule has 0 aliphatic heterocycles. The first-order valence-electron chi connectivity index (χ1n) is 9.31. The van der Waals surface area contributed by atoms with Crippen LogP contribution in [0.25, 0.3) is 5.69 Å². The van der Waals surface area contributed by atoms with Crippen molar-refractivity contribution in [3.05, 3.63) is 80.5 Å². The number of nitrogens with one attached hydrogen (secondary N) is 1. The van der Waals surface area contributed by atoms with E-state index < -0.39 is 17.1 Å². The molecule has 0 bridgehead atoms. The van der Waals surface area contributed by atoms with Crippen molar-refractivity contribution in [3.63, 3.8) is 0 Å². The molecule has 0 radical (unpaired) electrons. The largest absolute Gasteiger partial charge is 0.497 e. The molecule has 0 amide bonds. The molecule has 150 valence electrons. The molecule has 7 nitrogen and oxygen atoms in total. The van der Waals surface area contributed by atoms with Crippen LogP contribution in [-0.4, -0.2) is 28.0 Å². The van der Waals surface area contributed by atoms with Crippen molar-refractivity contribution in [2.45, 2.75) is 26.2 Å². The minimum absolute atomic E-state index is 0.105. The number of aromatic hydroxyl groups is 1. The number of methoxy groups -OCH3 is 1. The van der Waals surface area contributed by atoms with E-state index in [1.807, 2.05) is 24.3 Å². The molecule has 2 aromatic carbocycles. The van der Waals surface area contributed by atoms with Gasteiger partial charge in [0.1, 0.15) is 11.3 Å². The zero-order valence-electron chi connectivity index (χ0n) is 16.5. The van der Waals surface area contributed by atoms with Gasteiger partial charge in [0.15, 0.2) is 0 Å². The average Bonchev–Trinajstić information content (AvgIpc) is 2.73.